The smallest absolute Gasteiger partial charge is 0.348 e. The van der Waals surface area contributed by atoms with Crippen LogP contribution >= 0.6 is 11.3 Å². The number of carbonyl (C=O) groups is 2. The van der Waals surface area contributed by atoms with E-state index in [0.717, 1.165) is 25.9 Å². The Balaban J connectivity index is 0.00000289. The van der Waals surface area contributed by atoms with Crippen LogP contribution in [0.4, 0.5) is 5.82 Å². The first-order valence-electron chi connectivity index (χ1n) is 11.5. The number of aryl methyl sites for hydroxylation is 1. The number of piperidine rings is 3. The highest BCUT2D eigenvalue weighted by Crippen LogP contribution is 2.38. The number of benzene rings is 1. The van der Waals surface area contributed by atoms with E-state index in [0.29, 0.717) is 33.7 Å². The highest BCUT2D eigenvalue weighted by atomic mass is 79.9. The van der Waals surface area contributed by atoms with Crippen LogP contribution in [0.15, 0.2) is 57.7 Å². The van der Waals surface area contributed by atoms with Crippen LogP contribution in [0.3, 0.4) is 0 Å². The van der Waals surface area contributed by atoms with Crippen LogP contribution in [0.2, 0.25) is 0 Å². The largest absolute Gasteiger partial charge is 1.00 e. The molecule has 3 aliphatic heterocycles. The molecule has 10 heteroatoms. The van der Waals surface area contributed by atoms with Crippen molar-refractivity contribution in [2.45, 2.75) is 31.5 Å². The summed E-state index contributed by atoms with van der Waals surface area (Å²) in [5.74, 6) is 0.450. The number of quaternary nitrogens is 1. The van der Waals surface area contributed by atoms with Crippen LogP contribution in [0, 0.1) is 12.8 Å². The zero-order valence-corrected chi connectivity index (χ0v) is 21.8. The van der Waals surface area contributed by atoms with Crippen LogP contribution in [0.1, 0.15) is 29.7 Å². The van der Waals surface area contributed by atoms with Crippen LogP contribution < -0.4 is 22.3 Å². The SMILES string of the molecule is Cc1cc(NC(=O)C[N+]23CCC(CC2)[C@@H](OC(=O)C(O)(c2ccccc2)c2ccsc2)C3)no1.[Br-]. The number of aromatic nitrogens is 1. The number of carbonyl (C=O) groups excluding carboxylic acids is 2. The lowest BCUT2D eigenvalue weighted by molar-refractivity contribution is -0.939. The van der Waals surface area contributed by atoms with E-state index in [1.165, 1.54) is 11.3 Å². The summed E-state index contributed by atoms with van der Waals surface area (Å²) in [5, 5.41) is 21.9. The second kappa shape index (κ2) is 10.2. The van der Waals surface area contributed by atoms with Gasteiger partial charge in [0.25, 0.3) is 5.91 Å². The molecule has 0 radical (unpaired) electrons. The Kier molecular flexibility index (Phi) is 7.46. The van der Waals surface area contributed by atoms with E-state index >= 15 is 0 Å². The molecule has 0 spiro atoms. The van der Waals surface area contributed by atoms with E-state index in [1.807, 2.05) is 11.4 Å². The highest BCUT2D eigenvalue weighted by molar-refractivity contribution is 7.08. The van der Waals surface area contributed by atoms with Gasteiger partial charge in [0.1, 0.15) is 12.3 Å². The zero-order valence-electron chi connectivity index (χ0n) is 19.4. The molecule has 0 aliphatic carbocycles. The third-order valence-corrected chi connectivity index (χ3v) is 7.78. The summed E-state index contributed by atoms with van der Waals surface area (Å²) in [6.07, 6.45) is 1.39. The van der Waals surface area contributed by atoms with Crippen molar-refractivity contribution in [3.63, 3.8) is 0 Å². The van der Waals surface area contributed by atoms with Gasteiger partial charge in [-0.2, -0.15) is 11.3 Å². The molecular formula is C25H28BrN3O5S. The predicted molar refractivity (Wildman–Crippen MR) is 126 cm³/mol. The van der Waals surface area contributed by atoms with Crippen molar-refractivity contribution in [2.24, 2.45) is 5.92 Å². The van der Waals surface area contributed by atoms with Crippen LogP contribution in [-0.2, 0) is 19.9 Å². The van der Waals surface area contributed by atoms with Crippen LogP contribution in [-0.4, -0.2) is 58.9 Å². The first kappa shape index (κ1) is 25.6. The van der Waals surface area contributed by atoms with E-state index in [2.05, 4.69) is 10.5 Å². The fourth-order valence-corrected chi connectivity index (χ4v) is 5.96. The number of anilines is 1. The average Bonchev–Trinajstić information content (AvgIpc) is 3.52. The Morgan fingerprint density at radius 3 is 2.60 bits per heavy atom. The van der Waals surface area contributed by atoms with Gasteiger partial charge in [-0.25, -0.2) is 4.79 Å². The van der Waals surface area contributed by atoms with Crippen molar-refractivity contribution in [1.29, 1.82) is 0 Å². The van der Waals surface area contributed by atoms with Crippen LogP contribution in [0.5, 0.6) is 0 Å². The Morgan fingerprint density at radius 1 is 1.23 bits per heavy atom. The molecule has 5 heterocycles. The highest BCUT2D eigenvalue weighted by Gasteiger charge is 2.51. The lowest BCUT2D eigenvalue weighted by Gasteiger charge is -2.51. The second-order valence-electron chi connectivity index (χ2n) is 9.37. The van der Waals surface area contributed by atoms with Gasteiger partial charge in [0.15, 0.2) is 18.5 Å². The lowest BCUT2D eigenvalue weighted by atomic mass is 9.82. The molecule has 1 unspecified atom stereocenters. The molecule has 6 rings (SSSR count). The van der Waals surface area contributed by atoms with Crippen molar-refractivity contribution < 1.29 is 45.4 Å². The molecule has 3 aliphatic rings. The maximum absolute atomic E-state index is 13.5. The number of amides is 1. The fourth-order valence-electron chi connectivity index (χ4n) is 5.26. The van der Waals surface area contributed by atoms with Crippen molar-refractivity contribution in [1.82, 2.24) is 5.16 Å². The van der Waals surface area contributed by atoms with Gasteiger partial charge in [-0.3, -0.25) is 4.79 Å². The molecule has 2 bridgehead atoms. The summed E-state index contributed by atoms with van der Waals surface area (Å²) in [6, 6.07) is 12.3. The Morgan fingerprint density at radius 2 is 1.97 bits per heavy atom. The number of esters is 1. The number of nitrogens with one attached hydrogen (secondary N) is 1. The summed E-state index contributed by atoms with van der Waals surface area (Å²) in [7, 11) is 0. The summed E-state index contributed by atoms with van der Waals surface area (Å²) in [5.41, 5.74) is -0.896. The third kappa shape index (κ3) is 5.06. The molecule has 2 aromatic heterocycles. The number of hydrogen-bond donors (Lipinski definition) is 2. The van der Waals surface area contributed by atoms with E-state index in [-0.39, 0.29) is 41.5 Å². The molecule has 3 aromatic rings. The van der Waals surface area contributed by atoms with Gasteiger partial charge in [0.2, 0.25) is 5.60 Å². The van der Waals surface area contributed by atoms with Gasteiger partial charge in [0, 0.05) is 30.4 Å². The van der Waals surface area contributed by atoms with Crippen LogP contribution in [0.25, 0.3) is 0 Å². The number of rotatable bonds is 7. The van der Waals surface area contributed by atoms with Crippen molar-refractivity contribution in [3.05, 3.63) is 70.1 Å². The summed E-state index contributed by atoms with van der Waals surface area (Å²) >= 11 is 1.42. The lowest BCUT2D eigenvalue weighted by Crippen LogP contribution is -3.00. The van der Waals surface area contributed by atoms with Crippen molar-refractivity contribution >= 4 is 29.0 Å². The second-order valence-corrected chi connectivity index (χ2v) is 10.2. The van der Waals surface area contributed by atoms with E-state index in [1.54, 1.807) is 48.7 Å². The molecule has 2 N–H and O–H groups in total. The molecular weight excluding hydrogens is 534 g/mol. The molecule has 8 nitrogen and oxygen atoms in total. The summed E-state index contributed by atoms with van der Waals surface area (Å²) in [6.45, 7) is 4.32. The normalized spacial score (nSPS) is 24.7. The minimum Gasteiger partial charge on any atom is -1.00 e. The Bertz CT molecular complexity index is 1160. The Hall–Kier alpha value is -2.53. The first-order chi connectivity index (χ1) is 16.4. The van der Waals surface area contributed by atoms with Crippen molar-refractivity contribution in [3.8, 4) is 0 Å². The summed E-state index contributed by atoms with van der Waals surface area (Å²) < 4.78 is 11.6. The van der Waals surface area contributed by atoms with Gasteiger partial charge >= 0.3 is 5.97 Å². The van der Waals surface area contributed by atoms with Gasteiger partial charge in [0.05, 0.1) is 13.1 Å². The number of fused-ring (bicyclic) bond motifs is 3. The number of nitrogens with zero attached hydrogens (tertiary/aromatic N) is 2. The zero-order chi connectivity index (χ0) is 23.8. The first-order valence-corrected chi connectivity index (χ1v) is 12.4. The van der Waals surface area contributed by atoms with Gasteiger partial charge in [-0.15, -0.1) is 0 Å². The number of ether oxygens (including phenoxy) is 1. The molecule has 0 saturated carbocycles. The maximum Gasteiger partial charge on any atom is 0.348 e. The molecule has 2 atom stereocenters. The number of hydrogen-bond acceptors (Lipinski definition) is 7. The van der Waals surface area contributed by atoms with Gasteiger partial charge in [-0.05, 0) is 29.3 Å². The Labute approximate surface area is 218 Å². The molecule has 3 fully saturated rings. The number of halogens is 1. The minimum absolute atomic E-state index is 0. The monoisotopic (exact) mass is 561 g/mol. The van der Waals surface area contributed by atoms with Gasteiger partial charge in [-0.1, -0.05) is 35.5 Å². The molecule has 186 valence electrons. The molecule has 3 saturated heterocycles. The quantitative estimate of drug-likeness (QED) is 0.313. The standard InChI is InChI=1S/C25H27N3O5S.BrH/c1-17-13-22(27-33-17)26-23(29)15-28-10-7-18(8-11-28)21(14-28)32-24(30)25(31,20-9-12-34-16-20)19-5-3-2-4-6-19;/h2-6,9,12-13,16,18,21,31H,7-8,10-11,14-15H2,1H3;1H/t18?,21-,25?,28?;/m0./s1. The van der Waals surface area contributed by atoms with Crippen molar-refractivity contribution in [2.75, 3.05) is 31.5 Å². The molecule has 1 amide bonds. The third-order valence-electron chi connectivity index (χ3n) is 7.10. The van der Waals surface area contributed by atoms with E-state index in [4.69, 9.17) is 9.26 Å². The number of thiophene rings is 1. The van der Waals surface area contributed by atoms with Gasteiger partial charge < -0.3 is 41.1 Å². The molecule has 35 heavy (non-hydrogen) atoms. The topological polar surface area (TPSA) is 102 Å². The minimum atomic E-state index is -1.87. The number of aliphatic hydroxyl groups is 1. The van der Waals surface area contributed by atoms with E-state index in [9.17, 15) is 14.7 Å². The predicted octanol–water partition coefficient (Wildman–Crippen LogP) is 0.0753. The fraction of sp³-hybridized carbons (Fsp3) is 0.400. The molecule has 1 aromatic carbocycles. The van der Waals surface area contributed by atoms with E-state index < -0.39 is 11.6 Å². The maximum atomic E-state index is 13.5. The average molecular weight is 562 g/mol. The summed E-state index contributed by atoms with van der Waals surface area (Å²) in [4.78, 5) is 26.3.